The lowest BCUT2D eigenvalue weighted by Gasteiger charge is -2.10. The van der Waals surface area contributed by atoms with Gasteiger partial charge in [0.2, 0.25) is 0 Å². The van der Waals surface area contributed by atoms with Gasteiger partial charge in [0.15, 0.2) is 0 Å². The number of hydrogen-bond donors (Lipinski definition) is 0. The molecule has 0 aliphatic rings. The van der Waals surface area contributed by atoms with Crippen LogP contribution < -0.4 is 0 Å². The van der Waals surface area contributed by atoms with Crippen molar-refractivity contribution in [3.63, 3.8) is 0 Å². The van der Waals surface area contributed by atoms with Gasteiger partial charge in [-0.05, 0) is 6.92 Å². The summed E-state index contributed by atoms with van der Waals surface area (Å²) in [7, 11) is 0. The first-order valence-corrected chi connectivity index (χ1v) is 4.27. The molecule has 2 nitrogen and oxygen atoms in total. The van der Waals surface area contributed by atoms with Crippen LogP contribution in [0.2, 0.25) is 0 Å². The molecule has 82 valence electrons. The number of halogens is 3. The highest BCUT2D eigenvalue weighted by molar-refractivity contribution is 5.71. The van der Waals surface area contributed by atoms with Gasteiger partial charge in [0, 0.05) is 0 Å². The van der Waals surface area contributed by atoms with Gasteiger partial charge in [-0.25, -0.2) is 0 Å². The Morgan fingerprint density at radius 3 is 2.50 bits per heavy atom. The second kappa shape index (κ2) is 5.67. The highest BCUT2D eigenvalue weighted by atomic mass is 19.4. The van der Waals surface area contributed by atoms with Gasteiger partial charge in [-0.1, -0.05) is 19.1 Å². The van der Waals surface area contributed by atoms with Crippen LogP contribution in [0.5, 0.6) is 0 Å². The standard InChI is InChI=1S/C9H13F3O2/c1-3-14-8(13)6-4-5-7(2)9(10,11)12/h4-5,7H,3,6H2,1-2H3/b5-4+/t7-/m0/s1. The van der Waals surface area contributed by atoms with Crippen molar-refractivity contribution in [2.45, 2.75) is 26.4 Å². The highest BCUT2D eigenvalue weighted by Crippen LogP contribution is 2.26. The fourth-order valence-corrected chi connectivity index (χ4v) is 0.697. The maximum Gasteiger partial charge on any atom is 0.394 e. The van der Waals surface area contributed by atoms with E-state index in [9.17, 15) is 18.0 Å². The van der Waals surface area contributed by atoms with Crippen LogP contribution >= 0.6 is 0 Å². The van der Waals surface area contributed by atoms with Crippen molar-refractivity contribution in [2.24, 2.45) is 5.92 Å². The fraction of sp³-hybridized carbons (Fsp3) is 0.667. The van der Waals surface area contributed by atoms with E-state index >= 15 is 0 Å². The average Bonchev–Trinajstić information content (AvgIpc) is 2.02. The molecule has 0 aromatic carbocycles. The van der Waals surface area contributed by atoms with Crippen molar-refractivity contribution in [1.82, 2.24) is 0 Å². The molecule has 0 N–H and O–H groups in total. The SMILES string of the molecule is CCOC(=O)C/C=C/[C@H](C)C(F)(F)F. The molecule has 0 bridgehead atoms. The number of esters is 1. The van der Waals surface area contributed by atoms with E-state index in [1.165, 1.54) is 6.08 Å². The van der Waals surface area contributed by atoms with Crippen molar-refractivity contribution in [2.75, 3.05) is 6.61 Å². The number of hydrogen-bond acceptors (Lipinski definition) is 2. The van der Waals surface area contributed by atoms with Crippen LogP contribution in [0.25, 0.3) is 0 Å². The lowest BCUT2D eigenvalue weighted by molar-refractivity contribution is -0.156. The van der Waals surface area contributed by atoms with Gasteiger partial charge in [0.25, 0.3) is 0 Å². The number of ether oxygens (including phenoxy) is 1. The van der Waals surface area contributed by atoms with E-state index < -0.39 is 18.1 Å². The number of allylic oxidation sites excluding steroid dienone is 1. The number of rotatable bonds is 4. The summed E-state index contributed by atoms with van der Waals surface area (Å²) in [5, 5.41) is 0. The molecule has 0 rings (SSSR count). The summed E-state index contributed by atoms with van der Waals surface area (Å²) < 4.78 is 40.4. The minimum absolute atomic E-state index is 0.117. The van der Waals surface area contributed by atoms with Crippen LogP contribution in [-0.2, 0) is 9.53 Å². The van der Waals surface area contributed by atoms with Crippen molar-refractivity contribution < 1.29 is 22.7 Å². The van der Waals surface area contributed by atoms with E-state index in [1.807, 2.05) is 0 Å². The monoisotopic (exact) mass is 210 g/mol. The maximum absolute atomic E-state index is 12.0. The molecule has 0 aliphatic heterocycles. The Kier molecular flexibility index (Phi) is 5.27. The second-order valence-electron chi connectivity index (χ2n) is 2.77. The third-order valence-corrected chi connectivity index (χ3v) is 1.53. The Bertz CT molecular complexity index is 209. The highest BCUT2D eigenvalue weighted by Gasteiger charge is 2.33. The summed E-state index contributed by atoms with van der Waals surface area (Å²) in [6.07, 6.45) is -2.23. The summed E-state index contributed by atoms with van der Waals surface area (Å²) in [5.41, 5.74) is 0. The Labute approximate surface area is 80.7 Å². The summed E-state index contributed by atoms with van der Waals surface area (Å²) in [6, 6.07) is 0. The minimum Gasteiger partial charge on any atom is -0.466 e. The minimum atomic E-state index is -4.24. The topological polar surface area (TPSA) is 26.3 Å². The van der Waals surface area contributed by atoms with Gasteiger partial charge in [-0.2, -0.15) is 13.2 Å². The van der Waals surface area contributed by atoms with Gasteiger partial charge in [0.1, 0.15) is 0 Å². The predicted octanol–water partition coefficient (Wildman–Crippen LogP) is 2.69. The Morgan fingerprint density at radius 1 is 1.50 bits per heavy atom. The molecule has 0 heterocycles. The zero-order valence-corrected chi connectivity index (χ0v) is 8.10. The zero-order valence-electron chi connectivity index (χ0n) is 8.10. The number of alkyl halides is 3. The van der Waals surface area contributed by atoms with Crippen LogP contribution in [0, 0.1) is 5.92 Å². The summed E-state index contributed by atoms with van der Waals surface area (Å²) in [4.78, 5) is 10.7. The van der Waals surface area contributed by atoms with Gasteiger partial charge in [0.05, 0.1) is 18.9 Å². The molecule has 0 unspecified atom stereocenters. The van der Waals surface area contributed by atoms with E-state index in [1.54, 1.807) is 6.92 Å². The predicted molar refractivity (Wildman–Crippen MR) is 45.6 cm³/mol. The van der Waals surface area contributed by atoms with E-state index in [4.69, 9.17) is 0 Å². The second-order valence-corrected chi connectivity index (χ2v) is 2.77. The molecule has 1 atom stereocenters. The molecule has 0 amide bonds. The van der Waals surface area contributed by atoms with Crippen LogP contribution in [0.1, 0.15) is 20.3 Å². The van der Waals surface area contributed by atoms with E-state index in [0.29, 0.717) is 0 Å². The van der Waals surface area contributed by atoms with Crippen molar-refractivity contribution in [3.05, 3.63) is 12.2 Å². The lowest BCUT2D eigenvalue weighted by Crippen LogP contribution is -2.17. The van der Waals surface area contributed by atoms with Crippen molar-refractivity contribution >= 4 is 5.97 Å². The molecule has 5 heteroatoms. The third-order valence-electron chi connectivity index (χ3n) is 1.53. The third kappa shape index (κ3) is 5.61. The molecule has 0 radical (unpaired) electrons. The van der Waals surface area contributed by atoms with Crippen LogP contribution in [0.3, 0.4) is 0 Å². The largest absolute Gasteiger partial charge is 0.466 e. The molecule has 0 aromatic heterocycles. The molecule has 0 spiro atoms. The number of carbonyl (C=O) groups is 1. The van der Waals surface area contributed by atoms with Gasteiger partial charge >= 0.3 is 12.1 Å². The molecule has 0 saturated carbocycles. The summed E-state index contributed by atoms with van der Waals surface area (Å²) >= 11 is 0. The molecule has 14 heavy (non-hydrogen) atoms. The normalized spacial score (nSPS) is 14.4. The Morgan fingerprint density at radius 2 is 2.07 bits per heavy atom. The summed E-state index contributed by atoms with van der Waals surface area (Å²) in [5.74, 6) is -2.05. The lowest BCUT2D eigenvalue weighted by atomic mass is 10.1. The summed E-state index contributed by atoms with van der Waals surface area (Å²) in [6.45, 7) is 2.91. The molecule has 0 aromatic rings. The van der Waals surface area contributed by atoms with Crippen molar-refractivity contribution in [3.8, 4) is 0 Å². The van der Waals surface area contributed by atoms with Gasteiger partial charge in [-0.3, -0.25) is 4.79 Å². The van der Waals surface area contributed by atoms with Crippen LogP contribution in [0.15, 0.2) is 12.2 Å². The average molecular weight is 210 g/mol. The smallest absolute Gasteiger partial charge is 0.394 e. The fourth-order valence-electron chi connectivity index (χ4n) is 0.697. The van der Waals surface area contributed by atoms with Crippen molar-refractivity contribution in [1.29, 1.82) is 0 Å². The Hall–Kier alpha value is -1.00. The first-order chi connectivity index (χ1) is 6.38. The number of carbonyl (C=O) groups excluding carboxylic acids is 1. The van der Waals surface area contributed by atoms with Gasteiger partial charge < -0.3 is 4.74 Å². The van der Waals surface area contributed by atoms with Crippen LogP contribution in [0.4, 0.5) is 13.2 Å². The molecule has 0 saturated heterocycles. The first kappa shape index (κ1) is 13.0. The van der Waals surface area contributed by atoms with Gasteiger partial charge in [-0.15, -0.1) is 0 Å². The quantitative estimate of drug-likeness (QED) is 0.526. The zero-order chi connectivity index (χ0) is 11.2. The molecule has 0 aliphatic carbocycles. The van der Waals surface area contributed by atoms with E-state index in [0.717, 1.165) is 13.0 Å². The van der Waals surface area contributed by atoms with Crippen LogP contribution in [-0.4, -0.2) is 18.8 Å². The molecular weight excluding hydrogens is 197 g/mol. The Balaban J connectivity index is 3.89. The van der Waals surface area contributed by atoms with E-state index in [2.05, 4.69) is 4.74 Å². The maximum atomic E-state index is 12.0. The molecular formula is C9H13F3O2. The first-order valence-electron chi connectivity index (χ1n) is 4.27. The molecule has 0 fully saturated rings. The van der Waals surface area contributed by atoms with E-state index in [-0.39, 0.29) is 13.0 Å².